The summed E-state index contributed by atoms with van der Waals surface area (Å²) in [5.41, 5.74) is 0.401. The number of hydrogen-bond donors (Lipinski definition) is 1. The molecule has 1 N–H and O–H groups in total. The summed E-state index contributed by atoms with van der Waals surface area (Å²) in [7, 11) is 0. The van der Waals surface area contributed by atoms with Crippen molar-refractivity contribution in [1.29, 1.82) is 0 Å². The van der Waals surface area contributed by atoms with Gasteiger partial charge in [-0.2, -0.15) is 0 Å². The summed E-state index contributed by atoms with van der Waals surface area (Å²) in [6, 6.07) is 2.66. The molecule has 0 radical (unpaired) electrons. The highest BCUT2D eigenvalue weighted by molar-refractivity contribution is 5.69. The summed E-state index contributed by atoms with van der Waals surface area (Å²) in [4.78, 5) is 11.1. The largest absolute Gasteiger partial charge is 0.486 e. The Morgan fingerprint density at radius 1 is 1.29 bits per heavy atom. The van der Waals surface area contributed by atoms with E-state index in [0.29, 0.717) is 30.3 Å². The zero-order valence-electron chi connectivity index (χ0n) is 11.4. The van der Waals surface area contributed by atoms with E-state index in [-0.39, 0.29) is 23.8 Å². The molecule has 4 nitrogen and oxygen atoms in total. The first kappa shape index (κ1) is 14.1. The highest BCUT2D eigenvalue weighted by atomic mass is 19.3. The van der Waals surface area contributed by atoms with E-state index >= 15 is 0 Å². The lowest BCUT2D eigenvalue weighted by Crippen LogP contribution is -2.19. The third-order valence-corrected chi connectivity index (χ3v) is 3.93. The smallest absolute Gasteiger partial charge is 0.303 e. The summed E-state index contributed by atoms with van der Waals surface area (Å²) in [6.07, 6.45) is -0.851. The van der Waals surface area contributed by atoms with Crippen LogP contribution in [0.1, 0.15) is 42.7 Å². The van der Waals surface area contributed by atoms with Gasteiger partial charge in [0.1, 0.15) is 13.2 Å². The van der Waals surface area contributed by atoms with Crippen molar-refractivity contribution in [2.75, 3.05) is 13.2 Å². The molecule has 114 valence electrons. The molecule has 0 aromatic heterocycles. The van der Waals surface area contributed by atoms with Crippen molar-refractivity contribution < 1.29 is 28.2 Å². The van der Waals surface area contributed by atoms with Gasteiger partial charge in [0.2, 0.25) is 0 Å². The molecule has 0 amide bonds. The highest BCUT2D eigenvalue weighted by Crippen LogP contribution is 2.50. The monoisotopic (exact) mass is 298 g/mol. The first-order chi connectivity index (χ1) is 10.1. The molecule has 1 aromatic rings. The van der Waals surface area contributed by atoms with E-state index in [1.165, 1.54) is 12.1 Å². The fraction of sp³-hybridized carbons (Fsp3) is 0.533. The third kappa shape index (κ3) is 2.94. The number of ether oxygens (including phenoxy) is 2. The van der Waals surface area contributed by atoms with Crippen LogP contribution in [-0.2, 0) is 4.79 Å². The van der Waals surface area contributed by atoms with Crippen LogP contribution in [0.15, 0.2) is 12.1 Å². The Balaban J connectivity index is 2.05. The minimum Gasteiger partial charge on any atom is -0.486 e. The number of hydrogen-bond acceptors (Lipinski definition) is 3. The third-order valence-electron chi connectivity index (χ3n) is 3.93. The zero-order chi connectivity index (χ0) is 15.0. The van der Waals surface area contributed by atoms with Gasteiger partial charge in [-0.3, -0.25) is 4.79 Å². The van der Waals surface area contributed by atoms with Crippen LogP contribution in [0.25, 0.3) is 0 Å². The fourth-order valence-corrected chi connectivity index (χ4v) is 2.82. The first-order valence-electron chi connectivity index (χ1n) is 6.99. The van der Waals surface area contributed by atoms with Gasteiger partial charge in [-0.15, -0.1) is 0 Å². The lowest BCUT2D eigenvalue weighted by Gasteiger charge is -2.25. The molecule has 1 atom stereocenters. The first-order valence-corrected chi connectivity index (χ1v) is 6.99. The summed E-state index contributed by atoms with van der Waals surface area (Å²) in [5.74, 6) is -0.269. The molecule has 21 heavy (non-hydrogen) atoms. The van der Waals surface area contributed by atoms with E-state index in [2.05, 4.69) is 0 Å². The number of rotatable bonds is 5. The molecule has 1 heterocycles. The number of carboxylic acid groups (broad SMARTS) is 1. The van der Waals surface area contributed by atoms with Gasteiger partial charge < -0.3 is 14.6 Å². The van der Waals surface area contributed by atoms with E-state index in [0.717, 1.165) is 12.8 Å². The molecular weight excluding hydrogens is 282 g/mol. The Kier molecular flexibility index (Phi) is 3.69. The Hall–Kier alpha value is -1.85. The summed E-state index contributed by atoms with van der Waals surface area (Å²) in [5, 5.41) is 9.08. The number of aliphatic carboxylic acids is 1. The molecule has 6 heteroatoms. The molecule has 1 fully saturated rings. The molecular formula is C15H16F2O4. The summed E-state index contributed by atoms with van der Waals surface area (Å²) < 4.78 is 37.1. The molecule has 0 spiro atoms. The molecule has 1 unspecified atom stereocenters. The van der Waals surface area contributed by atoms with E-state index in [1.807, 2.05) is 0 Å². The van der Waals surface area contributed by atoms with Gasteiger partial charge in [0.05, 0.1) is 6.42 Å². The quantitative estimate of drug-likeness (QED) is 0.905. The molecule has 0 bridgehead atoms. The van der Waals surface area contributed by atoms with Crippen LogP contribution in [0.5, 0.6) is 11.5 Å². The molecule has 1 aliphatic heterocycles. The summed E-state index contributed by atoms with van der Waals surface area (Å²) >= 11 is 0. The maximum atomic E-state index is 13.0. The zero-order valence-corrected chi connectivity index (χ0v) is 11.4. The predicted molar refractivity (Wildman–Crippen MR) is 70.1 cm³/mol. The summed E-state index contributed by atoms with van der Waals surface area (Å²) in [6.45, 7) is 0.657. The van der Waals surface area contributed by atoms with Crippen molar-refractivity contribution in [2.45, 2.75) is 31.6 Å². The van der Waals surface area contributed by atoms with Crippen molar-refractivity contribution in [3.63, 3.8) is 0 Å². The number of carboxylic acids is 1. The number of benzene rings is 1. The minimum atomic E-state index is -2.62. The van der Waals surface area contributed by atoms with Crippen molar-refractivity contribution in [1.82, 2.24) is 0 Å². The van der Waals surface area contributed by atoms with Crippen molar-refractivity contribution in [3.8, 4) is 11.5 Å². The van der Waals surface area contributed by atoms with Gasteiger partial charge in [-0.1, -0.05) is 0 Å². The Labute approximate surface area is 120 Å². The van der Waals surface area contributed by atoms with Gasteiger partial charge in [0.15, 0.2) is 11.5 Å². The number of carbonyl (C=O) groups is 1. The average molecular weight is 298 g/mol. The number of alkyl halides is 2. The molecule has 1 aliphatic carbocycles. The van der Waals surface area contributed by atoms with E-state index in [4.69, 9.17) is 14.6 Å². The molecule has 1 aromatic carbocycles. The Bertz CT molecular complexity index is 555. The SMILES string of the molecule is O=C(O)CC(c1cc(C(F)F)cc2c1OCCO2)C1CC1. The van der Waals surface area contributed by atoms with Gasteiger partial charge >= 0.3 is 5.97 Å². The average Bonchev–Trinajstić information content (AvgIpc) is 3.28. The number of halogens is 2. The fourth-order valence-electron chi connectivity index (χ4n) is 2.82. The van der Waals surface area contributed by atoms with Crippen molar-refractivity contribution >= 4 is 5.97 Å². The van der Waals surface area contributed by atoms with E-state index in [9.17, 15) is 13.6 Å². The lowest BCUT2D eigenvalue weighted by molar-refractivity contribution is -0.137. The Morgan fingerprint density at radius 3 is 2.62 bits per heavy atom. The van der Waals surface area contributed by atoms with Crippen LogP contribution in [0.4, 0.5) is 8.78 Å². The van der Waals surface area contributed by atoms with Gasteiger partial charge in [0, 0.05) is 17.0 Å². The second kappa shape index (κ2) is 5.50. The molecule has 1 saturated carbocycles. The minimum absolute atomic E-state index is 0.0762. The van der Waals surface area contributed by atoms with E-state index < -0.39 is 12.4 Å². The van der Waals surface area contributed by atoms with Gasteiger partial charge in [0.25, 0.3) is 6.43 Å². The standard InChI is InChI=1S/C15H16F2O4/c16-15(17)9-5-11(10(7-13(18)19)8-1-2-8)14-12(6-9)20-3-4-21-14/h5-6,8,10,15H,1-4,7H2,(H,18,19). The van der Waals surface area contributed by atoms with Crippen LogP contribution in [0.2, 0.25) is 0 Å². The second-order valence-corrected chi connectivity index (χ2v) is 5.48. The van der Waals surface area contributed by atoms with E-state index in [1.54, 1.807) is 0 Å². The molecule has 0 saturated heterocycles. The van der Waals surface area contributed by atoms with Crippen LogP contribution >= 0.6 is 0 Å². The van der Waals surface area contributed by atoms with Gasteiger partial charge in [-0.05, 0) is 30.9 Å². The topological polar surface area (TPSA) is 55.8 Å². The van der Waals surface area contributed by atoms with Crippen molar-refractivity contribution in [2.24, 2.45) is 5.92 Å². The van der Waals surface area contributed by atoms with Crippen LogP contribution in [0, 0.1) is 5.92 Å². The maximum absolute atomic E-state index is 13.0. The Morgan fingerprint density at radius 2 is 2.00 bits per heavy atom. The second-order valence-electron chi connectivity index (χ2n) is 5.48. The van der Waals surface area contributed by atoms with Crippen molar-refractivity contribution in [3.05, 3.63) is 23.3 Å². The molecule has 2 aliphatic rings. The van der Waals surface area contributed by atoms with Crippen LogP contribution in [-0.4, -0.2) is 24.3 Å². The normalized spacial score (nSPS) is 18.6. The van der Waals surface area contributed by atoms with Crippen LogP contribution in [0.3, 0.4) is 0 Å². The highest BCUT2D eigenvalue weighted by Gasteiger charge is 2.37. The predicted octanol–water partition coefficient (Wildman–Crippen LogP) is 3.36. The molecule has 3 rings (SSSR count). The van der Waals surface area contributed by atoms with Gasteiger partial charge in [-0.25, -0.2) is 8.78 Å². The maximum Gasteiger partial charge on any atom is 0.303 e. The lowest BCUT2D eigenvalue weighted by atomic mass is 9.88. The van der Waals surface area contributed by atoms with Crippen LogP contribution < -0.4 is 9.47 Å². The number of fused-ring (bicyclic) bond motifs is 1.